The van der Waals surface area contributed by atoms with Crippen LogP contribution in [0, 0.1) is 11.3 Å². The maximum atomic E-state index is 13.1. The molecule has 36 heavy (non-hydrogen) atoms. The Morgan fingerprint density at radius 1 is 0.972 bits per heavy atom. The molecule has 0 radical (unpaired) electrons. The van der Waals surface area contributed by atoms with E-state index in [0.717, 1.165) is 11.1 Å². The van der Waals surface area contributed by atoms with E-state index >= 15 is 0 Å². The summed E-state index contributed by atoms with van der Waals surface area (Å²) in [4.78, 5) is 37.9. The first-order chi connectivity index (χ1) is 17.2. The summed E-state index contributed by atoms with van der Waals surface area (Å²) >= 11 is 0. The number of para-hydroxylation sites is 1. The molecule has 2 atom stereocenters. The van der Waals surface area contributed by atoms with Crippen molar-refractivity contribution in [3.05, 3.63) is 83.9 Å². The number of ether oxygens (including phenoxy) is 1. The van der Waals surface area contributed by atoms with Crippen molar-refractivity contribution in [3.63, 3.8) is 0 Å². The van der Waals surface area contributed by atoms with Gasteiger partial charge in [0.15, 0.2) is 0 Å². The van der Waals surface area contributed by atoms with Crippen LogP contribution in [0.25, 0.3) is 11.1 Å². The third kappa shape index (κ3) is 5.20. The lowest BCUT2D eigenvalue weighted by Gasteiger charge is -2.26. The van der Waals surface area contributed by atoms with Crippen molar-refractivity contribution < 1.29 is 24.2 Å². The molecule has 0 bridgehead atoms. The summed E-state index contributed by atoms with van der Waals surface area (Å²) in [6, 6.07) is 20.8. The lowest BCUT2D eigenvalue weighted by Crippen LogP contribution is -2.39. The summed E-state index contributed by atoms with van der Waals surface area (Å²) < 4.78 is 5.98. The molecule has 0 aliphatic carbocycles. The van der Waals surface area contributed by atoms with Gasteiger partial charge in [-0.15, -0.1) is 0 Å². The molecule has 2 amide bonds. The number of nitrogens with zero attached hydrogens (tertiary/aromatic N) is 1. The fourth-order valence-corrected chi connectivity index (χ4v) is 4.42. The van der Waals surface area contributed by atoms with Crippen LogP contribution in [0.2, 0.25) is 0 Å². The number of anilines is 1. The quantitative estimate of drug-likeness (QED) is 0.269. The Morgan fingerprint density at radius 2 is 1.58 bits per heavy atom. The highest BCUT2D eigenvalue weighted by Crippen LogP contribution is 2.35. The number of nitrogens with one attached hydrogen (secondary N) is 1. The smallest absolute Gasteiger partial charge is 0.304 e. The number of aliphatic carboxylic acids is 1. The monoisotopic (exact) mass is 486 g/mol. The van der Waals surface area contributed by atoms with Gasteiger partial charge in [-0.2, -0.15) is 0 Å². The minimum atomic E-state index is -1.06. The number of amidine groups is 1. The number of nitrogens with two attached hydrogens (primary N) is 2. The van der Waals surface area contributed by atoms with Crippen LogP contribution < -0.4 is 21.1 Å². The van der Waals surface area contributed by atoms with Crippen molar-refractivity contribution in [2.75, 3.05) is 11.5 Å². The van der Waals surface area contributed by atoms with Gasteiger partial charge < -0.3 is 26.2 Å². The van der Waals surface area contributed by atoms with E-state index in [9.17, 15) is 19.5 Å². The van der Waals surface area contributed by atoms with Crippen molar-refractivity contribution >= 4 is 29.3 Å². The van der Waals surface area contributed by atoms with Crippen molar-refractivity contribution in [2.45, 2.75) is 18.9 Å². The fourth-order valence-electron chi connectivity index (χ4n) is 4.42. The highest BCUT2D eigenvalue weighted by atomic mass is 16.5. The maximum absolute atomic E-state index is 13.1. The summed E-state index contributed by atoms with van der Waals surface area (Å²) in [5.41, 5.74) is 14.1. The van der Waals surface area contributed by atoms with E-state index in [2.05, 4.69) is 0 Å². The largest absolute Gasteiger partial charge is 0.491 e. The lowest BCUT2D eigenvalue weighted by molar-refractivity contribution is -0.140. The SMILES string of the molecule is N=C(N)c1ccc(-c2ccc(OC[C@@H]3C[C@@H](CC(=O)O)C(=O)N3c3ccccc3C(N)=O)cc2)cc1. The highest BCUT2D eigenvalue weighted by Gasteiger charge is 2.42. The Balaban J connectivity index is 1.52. The van der Waals surface area contributed by atoms with E-state index in [1.165, 1.54) is 11.0 Å². The molecule has 184 valence electrons. The average Bonchev–Trinajstić information content (AvgIpc) is 3.17. The van der Waals surface area contributed by atoms with E-state index in [1.807, 2.05) is 24.3 Å². The summed E-state index contributed by atoms with van der Waals surface area (Å²) in [6.45, 7) is 0.113. The van der Waals surface area contributed by atoms with E-state index in [-0.39, 0.29) is 36.8 Å². The standard InChI is InChI=1S/C27H26N4O5/c28-25(29)18-7-5-16(6-8-18)17-9-11-21(12-10-17)36-15-20-13-19(14-24(32)33)27(35)31(20)23-4-2-1-3-22(23)26(30)34/h1-12,19-20H,13-15H2,(H3,28,29)(H2,30,34)(H,32,33)/t19-,20-/m0/s1. The number of amides is 2. The first-order valence-electron chi connectivity index (χ1n) is 11.4. The second-order valence-corrected chi connectivity index (χ2v) is 8.60. The van der Waals surface area contributed by atoms with Gasteiger partial charge in [-0.25, -0.2) is 0 Å². The Bertz CT molecular complexity index is 1300. The zero-order chi connectivity index (χ0) is 25.8. The predicted octanol–water partition coefficient (Wildman–Crippen LogP) is 3.01. The number of hydrogen-bond acceptors (Lipinski definition) is 5. The molecule has 1 heterocycles. The Labute approximate surface area is 207 Å². The number of nitrogen functional groups attached to an aromatic ring is 1. The van der Waals surface area contributed by atoms with E-state index < -0.39 is 23.8 Å². The molecule has 1 aliphatic heterocycles. The van der Waals surface area contributed by atoms with Gasteiger partial charge in [0, 0.05) is 5.56 Å². The van der Waals surface area contributed by atoms with Gasteiger partial charge in [-0.05, 0) is 41.8 Å². The molecule has 1 fully saturated rings. The molecular formula is C27H26N4O5. The van der Waals surface area contributed by atoms with Crippen LogP contribution in [-0.4, -0.2) is 41.4 Å². The zero-order valence-electron chi connectivity index (χ0n) is 19.4. The van der Waals surface area contributed by atoms with Crippen LogP contribution >= 0.6 is 0 Å². The van der Waals surface area contributed by atoms with Crippen molar-refractivity contribution in [2.24, 2.45) is 17.4 Å². The van der Waals surface area contributed by atoms with Crippen LogP contribution in [0.4, 0.5) is 5.69 Å². The minimum Gasteiger partial charge on any atom is -0.491 e. The number of carboxylic acids is 1. The predicted molar refractivity (Wildman–Crippen MR) is 135 cm³/mol. The topological polar surface area (TPSA) is 160 Å². The molecule has 1 aliphatic rings. The van der Waals surface area contributed by atoms with Crippen molar-refractivity contribution in [1.82, 2.24) is 0 Å². The van der Waals surface area contributed by atoms with Gasteiger partial charge in [-0.3, -0.25) is 19.8 Å². The third-order valence-electron chi connectivity index (χ3n) is 6.18. The summed E-state index contributed by atoms with van der Waals surface area (Å²) in [5, 5.41) is 16.8. The van der Waals surface area contributed by atoms with E-state index in [0.29, 0.717) is 17.0 Å². The molecule has 4 rings (SSSR count). The van der Waals surface area contributed by atoms with Crippen LogP contribution in [0.5, 0.6) is 5.75 Å². The first kappa shape index (κ1) is 24.5. The molecule has 3 aromatic rings. The summed E-state index contributed by atoms with van der Waals surface area (Å²) in [7, 11) is 0. The van der Waals surface area contributed by atoms with Gasteiger partial charge in [0.05, 0.1) is 29.6 Å². The van der Waals surface area contributed by atoms with Gasteiger partial charge in [0.25, 0.3) is 5.91 Å². The molecule has 1 saturated heterocycles. The number of carboxylic acid groups (broad SMARTS) is 1. The number of rotatable bonds is 9. The molecule has 0 spiro atoms. The summed E-state index contributed by atoms with van der Waals surface area (Å²) in [5.74, 6) is -2.25. The molecule has 0 unspecified atom stereocenters. The van der Waals surface area contributed by atoms with Crippen molar-refractivity contribution in [1.29, 1.82) is 5.41 Å². The molecule has 9 nitrogen and oxygen atoms in total. The second-order valence-electron chi connectivity index (χ2n) is 8.60. The van der Waals surface area contributed by atoms with Gasteiger partial charge in [-0.1, -0.05) is 48.5 Å². The zero-order valence-corrected chi connectivity index (χ0v) is 19.4. The normalized spacial score (nSPS) is 17.1. The first-order valence-corrected chi connectivity index (χ1v) is 11.4. The third-order valence-corrected chi connectivity index (χ3v) is 6.18. The number of benzene rings is 3. The van der Waals surface area contributed by atoms with Crippen LogP contribution in [0.3, 0.4) is 0 Å². The van der Waals surface area contributed by atoms with Gasteiger partial charge >= 0.3 is 5.97 Å². The second kappa shape index (κ2) is 10.3. The molecule has 9 heteroatoms. The Kier molecular flexibility index (Phi) is 7.00. The fraction of sp³-hybridized carbons (Fsp3) is 0.185. The highest BCUT2D eigenvalue weighted by molar-refractivity contribution is 6.06. The number of hydrogen-bond donors (Lipinski definition) is 4. The van der Waals surface area contributed by atoms with Gasteiger partial charge in [0.1, 0.15) is 18.2 Å². The minimum absolute atomic E-state index is 0.00813. The lowest BCUT2D eigenvalue weighted by atomic mass is 10.0. The van der Waals surface area contributed by atoms with Crippen LogP contribution in [0.1, 0.15) is 28.8 Å². The number of primary amides is 1. The maximum Gasteiger partial charge on any atom is 0.304 e. The molecule has 0 saturated carbocycles. The van der Waals surface area contributed by atoms with Crippen molar-refractivity contribution in [3.8, 4) is 16.9 Å². The van der Waals surface area contributed by atoms with Gasteiger partial charge in [0.2, 0.25) is 5.91 Å². The molecule has 6 N–H and O–H groups in total. The Hall–Kier alpha value is -4.66. The summed E-state index contributed by atoms with van der Waals surface area (Å²) in [6.07, 6.45) is -0.0273. The van der Waals surface area contributed by atoms with Crippen LogP contribution in [0.15, 0.2) is 72.8 Å². The number of carbonyl (C=O) groups excluding carboxylic acids is 2. The average molecular weight is 487 g/mol. The number of carbonyl (C=O) groups is 3. The van der Waals surface area contributed by atoms with E-state index in [4.69, 9.17) is 21.6 Å². The Morgan fingerprint density at radius 3 is 2.17 bits per heavy atom. The molecule has 0 aromatic heterocycles. The molecule has 3 aromatic carbocycles. The van der Waals surface area contributed by atoms with Crippen LogP contribution in [-0.2, 0) is 9.59 Å². The van der Waals surface area contributed by atoms with E-state index in [1.54, 1.807) is 42.5 Å². The molecular weight excluding hydrogens is 460 g/mol.